The van der Waals surface area contributed by atoms with Gasteiger partial charge in [0.25, 0.3) is 0 Å². The highest BCUT2D eigenvalue weighted by molar-refractivity contribution is 7.47. The molecular formula is C29H56N7O8P. The molecule has 0 spiro atoms. The summed E-state index contributed by atoms with van der Waals surface area (Å²) >= 11 is 0. The van der Waals surface area contributed by atoms with Crippen LogP contribution in [0.5, 0.6) is 0 Å². The Labute approximate surface area is 268 Å². The van der Waals surface area contributed by atoms with Crippen LogP contribution in [0.2, 0.25) is 0 Å². The Kier molecular flexibility index (Phi) is 28.7. The molecule has 2 unspecified atom stereocenters. The zero-order valence-electron chi connectivity index (χ0n) is 27.4. The standard InChI is InChI=1S/C29H56N7O8P/c1-3-36(2)26-43-45(39,40)42-25-27(44-29(38)21-17-13-9-5-7-11-15-19-23-33-35-31)24-41-28(37)20-16-12-8-4-6-10-14-18-22-32-34-30/h27H,3-26H2,1-2H3,(H,39,40). The van der Waals surface area contributed by atoms with E-state index >= 15 is 0 Å². The summed E-state index contributed by atoms with van der Waals surface area (Å²) in [4.78, 5) is 41.9. The lowest BCUT2D eigenvalue weighted by molar-refractivity contribution is -0.161. The van der Waals surface area contributed by atoms with Gasteiger partial charge in [0.05, 0.1) is 6.61 Å². The average molecular weight is 662 g/mol. The van der Waals surface area contributed by atoms with E-state index in [0.717, 1.165) is 89.9 Å². The molecule has 0 radical (unpaired) electrons. The number of unbranched alkanes of at least 4 members (excludes halogenated alkanes) is 14. The summed E-state index contributed by atoms with van der Waals surface area (Å²) in [5.74, 6) is -0.921. The van der Waals surface area contributed by atoms with E-state index in [-0.39, 0.29) is 26.2 Å². The van der Waals surface area contributed by atoms with Crippen molar-refractivity contribution in [2.45, 2.75) is 129 Å². The Morgan fingerprint density at radius 2 is 1.18 bits per heavy atom. The number of phosphoric acid groups is 1. The van der Waals surface area contributed by atoms with Crippen LogP contribution in [0.25, 0.3) is 20.9 Å². The van der Waals surface area contributed by atoms with Crippen molar-refractivity contribution in [2.75, 3.05) is 46.6 Å². The van der Waals surface area contributed by atoms with Gasteiger partial charge in [-0.2, -0.15) is 0 Å². The molecule has 0 rings (SSSR count). The molecule has 0 heterocycles. The lowest BCUT2D eigenvalue weighted by atomic mass is 10.1. The van der Waals surface area contributed by atoms with Crippen molar-refractivity contribution < 1.29 is 37.6 Å². The van der Waals surface area contributed by atoms with Crippen molar-refractivity contribution in [3.05, 3.63) is 20.9 Å². The molecule has 0 aliphatic carbocycles. The molecule has 0 fully saturated rings. The maximum Gasteiger partial charge on any atom is 0.473 e. The molecule has 0 aliphatic heterocycles. The first-order chi connectivity index (χ1) is 21.7. The van der Waals surface area contributed by atoms with Crippen molar-refractivity contribution in [1.82, 2.24) is 4.90 Å². The highest BCUT2D eigenvalue weighted by atomic mass is 31.2. The largest absolute Gasteiger partial charge is 0.473 e. The summed E-state index contributed by atoms with van der Waals surface area (Å²) in [7, 11) is -2.69. The van der Waals surface area contributed by atoms with Gasteiger partial charge in [0.2, 0.25) is 0 Å². The minimum Gasteiger partial charge on any atom is -0.462 e. The van der Waals surface area contributed by atoms with Gasteiger partial charge in [0.1, 0.15) is 13.3 Å². The van der Waals surface area contributed by atoms with E-state index in [2.05, 4.69) is 20.1 Å². The average Bonchev–Trinajstić information content (AvgIpc) is 3.02. The van der Waals surface area contributed by atoms with Gasteiger partial charge in [-0.05, 0) is 50.3 Å². The normalized spacial score (nSPS) is 13.0. The number of rotatable bonds is 32. The minimum absolute atomic E-state index is 0.114. The number of azide groups is 2. The first-order valence-corrected chi connectivity index (χ1v) is 17.9. The number of carbonyl (C=O) groups excluding carboxylic acids is 2. The second kappa shape index (κ2) is 30.3. The van der Waals surface area contributed by atoms with Crippen molar-refractivity contribution in [3.8, 4) is 0 Å². The Morgan fingerprint density at radius 3 is 1.64 bits per heavy atom. The lowest BCUT2D eigenvalue weighted by Crippen LogP contribution is -2.30. The Hall–Kier alpha value is -2.37. The number of hydrogen-bond donors (Lipinski definition) is 1. The number of hydrogen-bond acceptors (Lipinski definition) is 10. The Balaban J connectivity index is 4.42. The number of nitrogens with zero attached hydrogens (tertiary/aromatic N) is 7. The summed E-state index contributed by atoms with van der Waals surface area (Å²) < 4.78 is 33.1. The van der Waals surface area contributed by atoms with Crippen LogP contribution >= 0.6 is 7.82 Å². The summed E-state index contributed by atoms with van der Waals surface area (Å²) in [6, 6.07) is 0. The van der Waals surface area contributed by atoms with Crippen LogP contribution in [0, 0.1) is 0 Å². The van der Waals surface area contributed by atoms with Gasteiger partial charge in [0, 0.05) is 35.8 Å². The van der Waals surface area contributed by atoms with E-state index in [1.165, 1.54) is 0 Å². The predicted octanol–water partition coefficient (Wildman–Crippen LogP) is 8.13. The fourth-order valence-corrected chi connectivity index (χ4v) is 4.98. The first kappa shape index (κ1) is 42.6. The molecule has 2 atom stereocenters. The summed E-state index contributed by atoms with van der Waals surface area (Å²) in [6.07, 6.45) is 14.8. The van der Waals surface area contributed by atoms with Crippen LogP contribution < -0.4 is 0 Å². The molecule has 0 aromatic carbocycles. The van der Waals surface area contributed by atoms with Crippen molar-refractivity contribution in [2.24, 2.45) is 10.2 Å². The third-order valence-corrected chi connectivity index (χ3v) is 7.95. The van der Waals surface area contributed by atoms with Gasteiger partial charge < -0.3 is 14.4 Å². The Morgan fingerprint density at radius 1 is 0.733 bits per heavy atom. The predicted molar refractivity (Wildman–Crippen MR) is 172 cm³/mol. The van der Waals surface area contributed by atoms with Gasteiger partial charge in [-0.3, -0.25) is 23.5 Å². The van der Waals surface area contributed by atoms with E-state index in [9.17, 15) is 19.0 Å². The zero-order chi connectivity index (χ0) is 33.4. The maximum atomic E-state index is 12.5. The van der Waals surface area contributed by atoms with Crippen molar-refractivity contribution in [3.63, 3.8) is 0 Å². The highest BCUT2D eigenvalue weighted by Crippen LogP contribution is 2.43. The molecule has 0 saturated heterocycles. The molecule has 0 aromatic heterocycles. The fraction of sp³-hybridized carbons (Fsp3) is 0.931. The third-order valence-electron chi connectivity index (χ3n) is 7.04. The van der Waals surface area contributed by atoms with Gasteiger partial charge >= 0.3 is 19.8 Å². The summed E-state index contributed by atoms with van der Waals surface area (Å²) in [5.41, 5.74) is 16.5. The molecule has 15 nitrogen and oxygen atoms in total. The molecule has 260 valence electrons. The third kappa shape index (κ3) is 30.1. The highest BCUT2D eigenvalue weighted by Gasteiger charge is 2.26. The lowest BCUT2D eigenvalue weighted by Gasteiger charge is -2.21. The first-order valence-electron chi connectivity index (χ1n) is 16.4. The fourth-order valence-electron chi connectivity index (χ4n) is 4.21. The molecule has 16 heteroatoms. The van der Waals surface area contributed by atoms with Gasteiger partial charge in [0.15, 0.2) is 6.10 Å². The molecule has 45 heavy (non-hydrogen) atoms. The SMILES string of the molecule is CCN(C)COP(=O)(O)OCC(COC(=O)CCCCCCCCCCN=[N+]=[N-])OC(=O)CCCCCCCCCCN=[N+]=[N-]. The molecule has 0 aliphatic rings. The van der Waals surface area contributed by atoms with Crippen LogP contribution in [0.15, 0.2) is 10.2 Å². The monoisotopic (exact) mass is 661 g/mol. The van der Waals surface area contributed by atoms with Gasteiger partial charge in [-0.1, -0.05) is 94.2 Å². The number of carbonyl (C=O) groups is 2. The van der Waals surface area contributed by atoms with Crippen LogP contribution in [0.1, 0.15) is 122 Å². The molecule has 0 saturated carbocycles. The van der Waals surface area contributed by atoms with E-state index in [1.807, 2.05) is 6.92 Å². The zero-order valence-corrected chi connectivity index (χ0v) is 28.3. The van der Waals surface area contributed by atoms with Gasteiger partial charge in [-0.25, -0.2) is 4.57 Å². The maximum absolute atomic E-state index is 12.5. The Bertz CT molecular complexity index is 917. The molecule has 1 N–H and O–H groups in total. The van der Waals surface area contributed by atoms with E-state index < -0.39 is 32.5 Å². The number of esters is 2. The summed E-state index contributed by atoms with van der Waals surface area (Å²) in [5, 5.41) is 7.05. The second-order valence-corrected chi connectivity index (χ2v) is 12.5. The molecule has 0 aromatic rings. The molecular weight excluding hydrogens is 605 g/mol. The second-order valence-electron chi connectivity index (χ2n) is 11.1. The smallest absolute Gasteiger partial charge is 0.462 e. The van der Waals surface area contributed by atoms with E-state index in [0.29, 0.717) is 32.5 Å². The molecule has 0 bridgehead atoms. The summed E-state index contributed by atoms with van der Waals surface area (Å²) in [6.45, 7) is 2.70. The van der Waals surface area contributed by atoms with Crippen molar-refractivity contribution >= 4 is 19.8 Å². The molecule has 0 amide bonds. The quantitative estimate of drug-likeness (QED) is 0.0140. The van der Waals surface area contributed by atoms with Crippen LogP contribution in [0.4, 0.5) is 0 Å². The van der Waals surface area contributed by atoms with Crippen LogP contribution in [0.3, 0.4) is 0 Å². The van der Waals surface area contributed by atoms with Crippen LogP contribution in [-0.2, 0) is 32.7 Å². The van der Waals surface area contributed by atoms with Gasteiger partial charge in [-0.15, -0.1) is 0 Å². The number of phosphoric ester groups is 1. The number of ether oxygens (including phenoxy) is 2. The van der Waals surface area contributed by atoms with Crippen molar-refractivity contribution in [1.29, 1.82) is 0 Å². The van der Waals surface area contributed by atoms with E-state index in [4.69, 9.17) is 29.6 Å². The van der Waals surface area contributed by atoms with E-state index in [1.54, 1.807) is 11.9 Å². The van der Waals surface area contributed by atoms with Crippen LogP contribution in [-0.4, -0.2) is 74.5 Å². The topological polar surface area (TPSA) is 209 Å². The minimum atomic E-state index is -4.41.